The zero-order chi connectivity index (χ0) is 15.4. The number of benzene rings is 2. The van der Waals surface area contributed by atoms with E-state index in [4.69, 9.17) is 0 Å². The van der Waals surface area contributed by atoms with Crippen molar-refractivity contribution in [1.82, 2.24) is 5.32 Å². The van der Waals surface area contributed by atoms with Gasteiger partial charge in [-0.2, -0.15) is 0 Å². The quantitative estimate of drug-likeness (QED) is 0.884. The highest BCUT2D eigenvalue weighted by atomic mass is 19.1. The van der Waals surface area contributed by atoms with Crippen LogP contribution in [0.4, 0.5) is 19.3 Å². The molecule has 2 amide bonds. The van der Waals surface area contributed by atoms with E-state index in [2.05, 4.69) is 10.6 Å². The molecule has 2 aromatic carbocycles. The third-order valence-electron chi connectivity index (χ3n) is 3.06. The van der Waals surface area contributed by atoms with E-state index in [-0.39, 0.29) is 5.69 Å². The van der Waals surface area contributed by atoms with Crippen molar-refractivity contribution in [2.45, 2.75) is 20.4 Å². The lowest BCUT2D eigenvalue weighted by atomic mass is 10.1. The molecule has 0 aliphatic carbocycles. The Labute approximate surface area is 122 Å². The van der Waals surface area contributed by atoms with Crippen LogP contribution in [0.15, 0.2) is 36.4 Å². The Morgan fingerprint density at radius 1 is 1.05 bits per heavy atom. The number of hydrogen-bond donors (Lipinski definition) is 2. The summed E-state index contributed by atoms with van der Waals surface area (Å²) >= 11 is 0. The van der Waals surface area contributed by atoms with Crippen LogP contribution < -0.4 is 10.6 Å². The van der Waals surface area contributed by atoms with E-state index in [1.165, 1.54) is 0 Å². The molecule has 110 valence electrons. The minimum absolute atomic E-state index is 0.0747. The molecule has 3 nitrogen and oxygen atoms in total. The standard InChI is InChI=1S/C16H16F2N2O/c1-10-3-4-12(11(2)5-10)9-19-16(21)20-15-7-13(17)6-14(18)8-15/h3-8H,9H2,1-2H3,(H2,19,20,21). The van der Waals surface area contributed by atoms with Crippen LogP contribution in [0.25, 0.3) is 0 Å². The van der Waals surface area contributed by atoms with E-state index in [0.29, 0.717) is 6.54 Å². The lowest BCUT2D eigenvalue weighted by Gasteiger charge is -2.10. The lowest BCUT2D eigenvalue weighted by Crippen LogP contribution is -2.28. The zero-order valence-electron chi connectivity index (χ0n) is 11.8. The SMILES string of the molecule is Cc1ccc(CNC(=O)Nc2cc(F)cc(F)c2)c(C)c1. The van der Waals surface area contributed by atoms with Gasteiger partial charge in [0.05, 0.1) is 0 Å². The molecule has 0 aromatic heterocycles. The second-order valence-electron chi connectivity index (χ2n) is 4.90. The van der Waals surface area contributed by atoms with Gasteiger partial charge in [-0.15, -0.1) is 0 Å². The van der Waals surface area contributed by atoms with E-state index >= 15 is 0 Å². The van der Waals surface area contributed by atoms with Gasteiger partial charge in [-0.1, -0.05) is 23.8 Å². The van der Waals surface area contributed by atoms with Gasteiger partial charge in [0.1, 0.15) is 11.6 Å². The number of urea groups is 1. The van der Waals surface area contributed by atoms with Crippen molar-refractivity contribution in [2.24, 2.45) is 0 Å². The summed E-state index contributed by atoms with van der Waals surface area (Å²) in [5, 5.41) is 5.05. The Morgan fingerprint density at radius 2 is 1.71 bits per heavy atom. The Balaban J connectivity index is 1.95. The fourth-order valence-electron chi connectivity index (χ4n) is 2.02. The van der Waals surface area contributed by atoms with E-state index in [1.54, 1.807) is 0 Å². The van der Waals surface area contributed by atoms with Gasteiger partial charge >= 0.3 is 6.03 Å². The fourth-order valence-corrected chi connectivity index (χ4v) is 2.02. The van der Waals surface area contributed by atoms with Gasteiger partial charge in [0.2, 0.25) is 0 Å². The molecular formula is C16H16F2N2O. The number of carbonyl (C=O) groups is 1. The minimum atomic E-state index is -0.736. The van der Waals surface area contributed by atoms with Gasteiger partial charge in [-0.25, -0.2) is 13.6 Å². The number of carbonyl (C=O) groups excluding carboxylic acids is 1. The molecule has 0 aliphatic heterocycles. The monoisotopic (exact) mass is 290 g/mol. The molecule has 0 spiro atoms. The smallest absolute Gasteiger partial charge is 0.319 e. The third kappa shape index (κ3) is 4.27. The number of hydrogen-bond acceptors (Lipinski definition) is 1. The van der Waals surface area contributed by atoms with Crippen molar-refractivity contribution in [3.05, 3.63) is 64.7 Å². The number of aryl methyl sites for hydroxylation is 2. The maximum Gasteiger partial charge on any atom is 0.319 e. The Morgan fingerprint density at radius 3 is 2.33 bits per heavy atom. The van der Waals surface area contributed by atoms with Crippen LogP contribution in [0.3, 0.4) is 0 Å². The first-order valence-corrected chi connectivity index (χ1v) is 6.51. The molecule has 21 heavy (non-hydrogen) atoms. The highest BCUT2D eigenvalue weighted by Gasteiger charge is 2.06. The van der Waals surface area contributed by atoms with Crippen LogP contribution in [0.2, 0.25) is 0 Å². The maximum atomic E-state index is 13.0. The molecule has 0 unspecified atom stereocenters. The summed E-state index contributed by atoms with van der Waals surface area (Å²) in [6.45, 7) is 4.30. The van der Waals surface area contributed by atoms with Crippen molar-refractivity contribution in [1.29, 1.82) is 0 Å². The highest BCUT2D eigenvalue weighted by Crippen LogP contribution is 2.13. The molecule has 0 radical (unpaired) electrons. The van der Waals surface area contributed by atoms with Gasteiger partial charge in [-0.05, 0) is 37.1 Å². The van der Waals surface area contributed by atoms with Crippen molar-refractivity contribution in [3.8, 4) is 0 Å². The van der Waals surface area contributed by atoms with Crippen molar-refractivity contribution in [3.63, 3.8) is 0 Å². The summed E-state index contributed by atoms with van der Waals surface area (Å²) in [4.78, 5) is 11.7. The normalized spacial score (nSPS) is 10.3. The first-order chi connectivity index (χ1) is 9.94. The summed E-state index contributed by atoms with van der Waals surface area (Å²) in [5.41, 5.74) is 3.29. The van der Waals surface area contributed by atoms with Gasteiger partial charge in [0.15, 0.2) is 0 Å². The zero-order valence-corrected chi connectivity index (χ0v) is 11.8. The average Bonchev–Trinajstić information content (AvgIpc) is 2.36. The third-order valence-corrected chi connectivity index (χ3v) is 3.06. The number of amides is 2. The summed E-state index contributed by atoms with van der Waals surface area (Å²) in [7, 11) is 0. The topological polar surface area (TPSA) is 41.1 Å². The van der Waals surface area contributed by atoms with Gasteiger partial charge in [0, 0.05) is 18.3 Å². The Bertz CT molecular complexity index is 651. The predicted molar refractivity (Wildman–Crippen MR) is 78.1 cm³/mol. The van der Waals surface area contributed by atoms with E-state index in [0.717, 1.165) is 34.9 Å². The van der Waals surface area contributed by atoms with Gasteiger partial charge < -0.3 is 10.6 Å². The van der Waals surface area contributed by atoms with Crippen LogP contribution >= 0.6 is 0 Å². The summed E-state index contributed by atoms with van der Waals surface area (Å²) in [6, 6.07) is 8.27. The molecule has 0 saturated carbocycles. The van der Waals surface area contributed by atoms with Gasteiger partial charge in [-0.3, -0.25) is 0 Å². The molecular weight excluding hydrogens is 274 g/mol. The molecule has 2 rings (SSSR count). The van der Waals surface area contributed by atoms with Gasteiger partial charge in [0.25, 0.3) is 0 Å². The number of nitrogens with one attached hydrogen (secondary N) is 2. The summed E-state index contributed by atoms with van der Waals surface area (Å²) < 4.78 is 26.0. The predicted octanol–water partition coefficient (Wildman–Crippen LogP) is 3.90. The van der Waals surface area contributed by atoms with E-state index in [1.807, 2.05) is 32.0 Å². The van der Waals surface area contributed by atoms with Crippen LogP contribution in [-0.4, -0.2) is 6.03 Å². The molecule has 0 bridgehead atoms. The van der Waals surface area contributed by atoms with Crippen LogP contribution in [0.5, 0.6) is 0 Å². The van der Waals surface area contributed by atoms with E-state index in [9.17, 15) is 13.6 Å². The van der Waals surface area contributed by atoms with Crippen LogP contribution in [-0.2, 0) is 6.54 Å². The average molecular weight is 290 g/mol. The number of halogens is 2. The second kappa shape index (κ2) is 6.35. The largest absolute Gasteiger partial charge is 0.334 e. The van der Waals surface area contributed by atoms with Crippen LogP contribution in [0, 0.1) is 25.5 Å². The van der Waals surface area contributed by atoms with Crippen molar-refractivity contribution >= 4 is 11.7 Å². The molecule has 0 saturated heterocycles. The van der Waals surface area contributed by atoms with E-state index < -0.39 is 17.7 Å². The molecule has 2 aromatic rings. The molecule has 0 fully saturated rings. The Kier molecular flexibility index (Phi) is 4.52. The van der Waals surface area contributed by atoms with Crippen LogP contribution in [0.1, 0.15) is 16.7 Å². The second-order valence-corrected chi connectivity index (χ2v) is 4.90. The van der Waals surface area contributed by atoms with Crippen molar-refractivity contribution in [2.75, 3.05) is 5.32 Å². The molecule has 0 aliphatic rings. The molecule has 0 atom stereocenters. The minimum Gasteiger partial charge on any atom is -0.334 e. The molecule has 0 heterocycles. The highest BCUT2D eigenvalue weighted by molar-refractivity contribution is 5.89. The van der Waals surface area contributed by atoms with Crippen molar-refractivity contribution < 1.29 is 13.6 Å². The first-order valence-electron chi connectivity index (χ1n) is 6.51. The maximum absolute atomic E-state index is 13.0. The molecule has 2 N–H and O–H groups in total. The Hall–Kier alpha value is -2.43. The first kappa shape index (κ1) is 15.0. The number of anilines is 1. The number of rotatable bonds is 3. The molecule has 5 heteroatoms. The lowest BCUT2D eigenvalue weighted by molar-refractivity contribution is 0.251. The summed E-state index contributed by atoms with van der Waals surface area (Å²) in [6.07, 6.45) is 0. The summed E-state index contributed by atoms with van der Waals surface area (Å²) in [5.74, 6) is -1.47. The fraction of sp³-hybridized carbons (Fsp3) is 0.188.